The lowest BCUT2D eigenvalue weighted by atomic mass is 10.2. The van der Waals surface area contributed by atoms with E-state index in [0.717, 1.165) is 6.07 Å². The Hall–Kier alpha value is -2.14. The first-order valence-corrected chi connectivity index (χ1v) is 6.06. The highest BCUT2D eigenvalue weighted by atomic mass is 35.5. The Labute approximate surface area is 119 Å². The van der Waals surface area contributed by atoms with Gasteiger partial charge < -0.3 is 10.5 Å². The second-order valence-electron chi connectivity index (χ2n) is 4.05. The number of amidine groups is 1. The van der Waals surface area contributed by atoms with Gasteiger partial charge in [0, 0.05) is 11.1 Å². The Balaban J connectivity index is 2.17. The van der Waals surface area contributed by atoms with E-state index in [-0.39, 0.29) is 34.3 Å². The van der Waals surface area contributed by atoms with Crippen LogP contribution in [0.1, 0.15) is 11.1 Å². The van der Waals surface area contributed by atoms with E-state index in [1.165, 1.54) is 30.3 Å². The maximum Gasteiger partial charge on any atom is 0.165 e. The van der Waals surface area contributed by atoms with Gasteiger partial charge in [-0.15, -0.1) is 0 Å². The topological polar surface area (TPSA) is 59.1 Å². The molecule has 0 saturated carbocycles. The van der Waals surface area contributed by atoms with Crippen LogP contribution in [0, 0.1) is 17.0 Å². The normalized spacial score (nSPS) is 10.3. The molecule has 0 atom stereocenters. The average Bonchev–Trinajstić information content (AvgIpc) is 2.39. The lowest BCUT2D eigenvalue weighted by Gasteiger charge is -2.10. The van der Waals surface area contributed by atoms with E-state index in [1.54, 1.807) is 0 Å². The maximum atomic E-state index is 13.7. The Kier molecular flexibility index (Phi) is 4.20. The molecule has 0 spiro atoms. The number of ether oxygens (including phenoxy) is 1. The lowest BCUT2D eigenvalue weighted by molar-refractivity contribution is 0.285. The summed E-state index contributed by atoms with van der Waals surface area (Å²) in [6, 6.07) is 8.12. The van der Waals surface area contributed by atoms with E-state index in [1.807, 2.05) is 0 Å². The van der Waals surface area contributed by atoms with Gasteiger partial charge in [-0.1, -0.05) is 17.7 Å². The fourth-order valence-electron chi connectivity index (χ4n) is 1.61. The van der Waals surface area contributed by atoms with Crippen molar-refractivity contribution in [2.45, 2.75) is 6.61 Å². The molecule has 0 aliphatic heterocycles. The second kappa shape index (κ2) is 5.88. The van der Waals surface area contributed by atoms with Gasteiger partial charge in [0.1, 0.15) is 18.3 Å². The van der Waals surface area contributed by atoms with E-state index in [9.17, 15) is 8.78 Å². The molecule has 0 saturated heterocycles. The van der Waals surface area contributed by atoms with E-state index in [2.05, 4.69) is 0 Å². The molecule has 0 aromatic heterocycles. The molecule has 0 radical (unpaired) electrons. The lowest BCUT2D eigenvalue weighted by Crippen LogP contribution is -2.11. The van der Waals surface area contributed by atoms with Gasteiger partial charge >= 0.3 is 0 Å². The Morgan fingerprint density at radius 1 is 1.20 bits per heavy atom. The van der Waals surface area contributed by atoms with Crippen LogP contribution >= 0.6 is 11.6 Å². The monoisotopic (exact) mass is 296 g/mol. The van der Waals surface area contributed by atoms with Crippen LogP contribution in [0.4, 0.5) is 8.78 Å². The van der Waals surface area contributed by atoms with Gasteiger partial charge in [0.25, 0.3) is 0 Å². The molecule has 6 heteroatoms. The minimum absolute atomic E-state index is 0.0608. The van der Waals surface area contributed by atoms with Crippen molar-refractivity contribution in [1.82, 2.24) is 0 Å². The minimum atomic E-state index is -0.676. The highest BCUT2D eigenvalue weighted by Gasteiger charge is 2.10. The zero-order chi connectivity index (χ0) is 14.7. The van der Waals surface area contributed by atoms with Crippen LogP contribution in [0.2, 0.25) is 5.02 Å². The van der Waals surface area contributed by atoms with Crippen molar-refractivity contribution in [2.75, 3.05) is 0 Å². The number of nitrogen functional groups attached to an aromatic ring is 1. The molecule has 0 heterocycles. The first-order valence-electron chi connectivity index (χ1n) is 5.68. The summed E-state index contributed by atoms with van der Waals surface area (Å²) >= 11 is 5.84. The molecule has 0 fully saturated rings. The van der Waals surface area contributed by atoms with Crippen LogP contribution in [0.15, 0.2) is 36.4 Å². The zero-order valence-corrected chi connectivity index (χ0v) is 11.0. The van der Waals surface area contributed by atoms with E-state index in [4.69, 9.17) is 27.5 Å². The Morgan fingerprint density at radius 3 is 2.55 bits per heavy atom. The summed E-state index contributed by atoms with van der Waals surface area (Å²) in [5.41, 5.74) is 5.65. The average molecular weight is 297 g/mol. The fraction of sp³-hybridized carbons (Fsp3) is 0.0714. The van der Waals surface area contributed by atoms with E-state index in [0.29, 0.717) is 0 Å². The van der Waals surface area contributed by atoms with Crippen LogP contribution < -0.4 is 10.5 Å². The van der Waals surface area contributed by atoms with E-state index >= 15 is 0 Å². The molecule has 0 bridgehead atoms. The quantitative estimate of drug-likeness (QED) is 0.670. The summed E-state index contributed by atoms with van der Waals surface area (Å²) in [4.78, 5) is 0. The first kappa shape index (κ1) is 14.3. The zero-order valence-electron chi connectivity index (χ0n) is 10.3. The van der Waals surface area contributed by atoms with Crippen molar-refractivity contribution in [3.63, 3.8) is 0 Å². The predicted octanol–water partition coefficient (Wildman–Crippen LogP) is 3.48. The molecule has 0 aliphatic carbocycles. The van der Waals surface area contributed by atoms with Gasteiger partial charge in [-0.25, -0.2) is 8.78 Å². The highest BCUT2D eigenvalue weighted by molar-refractivity contribution is 6.31. The maximum absolute atomic E-state index is 13.7. The number of hydrogen-bond donors (Lipinski definition) is 2. The van der Waals surface area contributed by atoms with Crippen molar-refractivity contribution in [1.29, 1.82) is 5.41 Å². The largest absolute Gasteiger partial charge is 0.486 e. The van der Waals surface area contributed by atoms with Crippen molar-refractivity contribution in [2.24, 2.45) is 5.73 Å². The summed E-state index contributed by atoms with van der Waals surface area (Å²) in [6.45, 7) is -0.193. The second-order valence-corrected chi connectivity index (χ2v) is 4.45. The number of nitrogens with two attached hydrogens (primary N) is 1. The number of hydrogen-bond acceptors (Lipinski definition) is 2. The smallest absolute Gasteiger partial charge is 0.165 e. The third-order valence-corrected chi connectivity index (χ3v) is 3.03. The van der Waals surface area contributed by atoms with Gasteiger partial charge in [-0.2, -0.15) is 0 Å². The van der Waals surface area contributed by atoms with Crippen molar-refractivity contribution >= 4 is 17.4 Å². The van der Waals surface area contributed by atoms with Crippen LogP contribution in [0.5, 0.6) is 5.75 Å². The van der Waals surface area contributed by atoms with Gasteiger partial charge in [-0.05, 0) is 30.3 Å². The number of halogens is 3. The molecule has 0 aliphatic rings. The molecule has 0 amide bonds. The van der Waals surface area contributed by atoms with Crippen LogP contribution in [0.3, 0.4) is 0 Å². The molecular formula is C14H11ClF2N2O. The fourth-order valence-corrected chi connectivity index (χ4v) is 1.82. The molecular weight excluding hydrogens is 286 g/mol. The summed E-state index contributed by atoms with van der Waals surface area (Å²) in [7, 11) is 0. The van der Waals surface area contributed by atoms with Crippen LogP contribution in [-0.4, -0.2) is 5.84 Å². The molecule has 3 N–H and O–H groups in total. The third kappa shape index (κ3) is 3.05. The molecule has 2 aromatic carbocycles. The summed E-state index contributed by atoms with van der Waals surface area (Å²) in [6.07, 6.45) is 0. The van der Waals surface area contributed by atoms with Crippen LogP contribution in [-0.2, 0) is 6.61 Å². The van der Waals surface area contributed by atoms with E-state index < -0.39 is 11.6 Å². The molecule has 2 aromatic rings. The third-order valence-electron chi connectivity index (χ3n) is 2.68. The van der Waals surface area contributed by atoms with Gasteiger partial charge in [0.05, 0.1) is 5.02 Å². The van der Waals surface area contributed by atoms with Crippen molar-refractivity contribution < 1.29 is 13.5 Å². The summed E-state index contributed by atoms with van der Waals surface area (Å²) < 4.78 is 32.4. The molecule has 3 nitrogen and oxygen atoms in total. The molecule has 20 heavy (non-hydrogen) atoms. The van der Waals surface area contributed by atoms with Gasteiger partial charge in [0.15, 0.2) is 11.6 Å². The summed E-state index contributed by atoms with van der Waals surface area (Å²) in [5.74, 6) is -1.50. The SMILES string of the molecule is N=C(N)c1ccc(OCc2c(F)cccc2Cl)c(F)c1. The molecule has 2 rings (SSSR count). The van der Waals surface area contributed by atoms with Gasteiger partial charge in [-0.3, -0.25) is 5.41 Å². The minimum Gasteiger partial charge on any atom is -0.486 e. The predicted molar refractivity (Wildman–Crippen MR) is 73.2 cm³/mol. The molecule has 0 unspecified atom stereocenters. The number of nitrogens with one attached hydrogen (secondary N) is 1. The Morgan fingerprint density at radius 2 is 1.95 bits per heavy atom. The summed E-state index contributed by atoms with van der Waals surface area (Å²) in [5, 5.41) is 7.41. The highest BCUT2D eigenvalue weighted by Crippen LogP contribution is 2.23. The first-order chi connectivity index (χ1) is 9.49. The Bertz CT molecular complexity index is 641. The van der Waals surface area contributed by atoms with Crippen molar-refractivity contribution in [3.05, 3.63) is 64.2 Å². The number of benzene rings is 2. The molecule has 104 valence electrons. The van der Waals surface area contributed by atoms with Crippen molar-refractivity contribution in [3.8, 4) is 5.75 Å². The van der Waals surface area contributed by atoms with Gasteiger partial charge in [0.2, 0.25) is 0 Å². The standard InChI is InChI=1S/C14H11ClF2N2O/c15-10-2-1-3-11(16)9(10)7-20-13-5-4-8(14(18)19)6-12(13)17/h1-6H,7H2,(H3,18,19). The number of rotatable bonds is 4. The van der Waals surface area contributed by atoms with Crippen LogP contribution in [0.25, 0.3) is 0 Å².